The fourth-order valence-electron chi connectivity index (χ4n) is 7.34. The van der Waals surface area contributed by atoms with Gasteiger partial charge in [-0.05, 0) is 38.5 Å². The minimum absolute atomic E-state index is 0.0855. The van der Waals surface area contributed by atoms with Crippen molar-refractivity contribution in [1.82, 2.24) is 0 Å². The van der Waals surface area contributed by atoms with E-state index in [0.717, 1.165) is 70.6 Å². The summed E-state index contributed by atoms with van der Waals surface area (Å²) in [5.41, 5.74) is 0. The molecule has 0 aliphatic heterocycles. The van der Waals surface area contributed by atoms with Crippen molar-refractivity contribution in [1.29, 1.82) is 0 Å². The Labute approximate surface area is 371 Å². The van der Waals surface area contributed by atoms with Crippen molar-refractivity contribution in [2.45, 2.75) is 264 Å². The number of rotatable bonds is 46. The minimum Gasteiger partial charge on any atom is -0.462 e. The van der Waals surface area contributed by atoms with Gasteiger partial charge in [0, 0.05) is 19.3 Å². The molecule has 6 heteroatoms. The highest BCUT2D eigenvalue weighted by molar-refractivity contribution is 5.71. The molecule has 0 aliphatic carbocycles. The molecule has 348 valence electrons. The van der Waals surface area contributed by atoms with E-state index in [9.17, 15) is 14.4 Å². The first-order valence-electron chi connectivity index (χ1n) is 25.7. The number of hydrogen-bond donors (Lipinski definition) is 0. The highest BCUT2D eigenvalue weighted by Gasteiger charge is 2.19. The molecule has 0 heterocycles. The summed E-state index contributed by atoms with van der Waals surface area (Å²) < 4.78 is 16.8. The Bertz CT molecular complexity index is 1060. The fraction of sp³-hybridized carbons (Fsp3) is 0.796. The SMILES string of the molecule is CC\C=C/C=C\C=C/C=C\CCCCCC(=O)OC(COC(=O)CCCCCCCCCCCCCC)COC(=O)CCCCCCCCCCCCCCCCCCC. The number of esters is 3. The topological polar surface area (TPSA) is 78.9 Å². The Morgan fingerprint density at radius 2 is 0.650 bits per heavy atom. The Morgan fingerprint density at radius 1 is 0.350 bits per heavy atom. The predicted molar refractivity (Wildman–Crippen MR) is 256 cm³/mol. The lowest BCUT2D eigenvalue weighted by atomic mass is 10.0. The monoisotopic (exact) mass is 841 g/mol. The molecule has 0 rings (SSSR count). The van der Waals surface area contributed by atoms with Crippen LogP contribution in [0.25, 0.3) is 0 Å². The molecule has 0 fully saturated rings. The van der Waals surface area contributed by atoms with E-state index in [4.69, 9.17) is 14.2 Å². The van der Waals surface area contributed by atoms with Crippen LogP contribution in [-0.4, -0.2) is 37.2 Å². The van der Waals surface area contributed by atoms with Crippen LogP contribution in [0.3, 0.4) is 0 Å². The van der Waals surface area contributed by atoms with Gasteiger partial charge < -0.3 is 14.2 Å². The lowest BCUT2D eigenvalue weighted by molar-refractivity contribution is -0.167. The Hall–Kier alpha value is -2.63. The smallest absolute Gasteiger partial charge is 0.306 e. The summed E-state index contributed by atoms with van der Waals surface area (Å²) in [4.78, 5) is 37.9. The second-order valence-electron chi connectivity index (χ2n) is 17.2. The average molecular weight is 841 g/mol. The Kier molecular flexibility index (Phi) is 46.9. The van der Waals surface area contributed by atoms with E-state index in [1.165, 1.54) is 148 Å². The first-order chi connectivity index (χ1) is 29.5. The van der Waals surface area contributed by atoms with Gasteiger partial charge >= 0.3 is 17.9 Å². The number of carbonyl (C=O) groups is 3. The van der Waals surface area contributed by atoms with E-state index in [0.29, 0.717) is 12.8 Å². The summed E-state index contributed by atoms with van der Waals surface area (Å²) in [5.74, 6) is -0.916. The van der Waals surface area contributed by atoms with Gasteiger partial charge in [0.15, 0.2) is 6.10 Å². The summed E-state index contributed by atoms with van der Waals surface area (Å²) in [6.07, 6.45) is 58.1. The van der Waals surface area contributed by atoms with Crippen LogP contribution in [0.4, 0.5) is 0 Å². The van der Waals surface area contributed by atoms with Crippen molar-refractivity contribution in [3.63, 3.8) is 0 Å². The van der Waals surface area contributed by atoms with E-state index in [1.54, 1.807) is 0 Å². The Morgan fingerprint density at radius 3 is 1.02 bits per heavy atom. The van der Waals surface area contributed by atoms with Crippen molar-refractivity contribution in [2.24, 2.45) is 0 Å². The van der Waals surface area contributed by atoms with Gasteiger partial charge in [0.2, 0.25) is 0 Å². The zero-order chi connectivity index (χ0) is 43.7. The zero-order valence-corrected chi connectivity index (χ0v) is 39.7. The molecule has 0 saturated carbocycles. The Balaban J connectivity index is 4.37. The molecular weight excluding hydrogens is 745 g/mol. The maximum atomic E-state index is 12.7. The molecule has 1 unspecified atom stereocenters. The molecule has 0 aromatic rings. The molecular formula is C54H96O6. The van der Waals surface area contributed by atoms with Crippen LogP contribution < -0.4 is 0 Å². The van der Waals surface area contributed by atoms with E-state index in [2.05, 4.69) is 32.9 Å². The minimum atomic E-state index is -0.788. The van der Waals surface area contributed by atoms with Crippen LogP contribution in [0.15, 0.2) is 48.6 Å². The molecule has 0 N–H and O–H groups in total. The molecule has 1 atom stereocenters. The van der Waals surface area contributed by atoms with Gasteiger partial charge in [-0.3, -0.25) is 14.4 Å². The highest BCUT2D eigenvalue weighted by Crippen LogP contribution is 2.16. The van der Waals surface area contributed by atoms with E-state index in [-0.39, 0.29) is 37.5 Å². The van der Waals surface area contributed by atoms with Crippen molar-refractivity contribution >= 4 is 17.9 Å². The van der Waals surface area contributed by atoms with E-state index < -0.39 is 6.10 Å². The van der Waals surface area contributed by atoms with Gasteiger partial charge in [-0.2, -0.15) is 0 Å². The summed E-state index contributed by atoms with van der Waals surface area (Å²) in [6.45, 7) is 6.48. The summed E-state index contributed by atoms with van der Waals surface area (Å²) in [5, 5.41) is 0. The van der Waals surface area contributed by atoms with Crippen LogP contribution in [0.5, 0.6) is 0 Å². The van der Waals surface area contributed by atoms with E-state index >= 15 is 0 Å². The number of allylic oxidation sites excluding steroid dienone is 8. The van der Waals surface area contributed by atoms with Gasteiger partial charge in [0.25, 0.3) is 0 Å². The van der Waals surface area contributed by atoms with Gasteiger partial charge in [0.1, 0.15) is 13.2 Å². The molecule has 0 aromatic heterocycles. The van der Waals surface area contributed by atoms with Gasteiger partial charge in [0.05, 0.1) is 0 Å². The number of carbonyl (C=O) groups excluding carboxylic acids is 3. The molecule has 0 aromatic carbocycles. The molecule has 6 nitrogen and oxygen atoms in total. The second kappa shape index (κ2) is 49.0. The maximum Gasteiger partial charge on any atom is 0.306 e. The van der Waals surface area contributed by atoms with Crippen LogP contribution in [0, 0.1) is 0 Å². The van der Waals surface area contributed by atoms with Crippen LogP contribution >= 0.6 is 0 Å². The number of ether oxygens (including phenoxy) is 3. The molecule has 0 radical (unpaired) electrons. The van der Waals surface area contributed by atoms with Crippen LogP contribution in [0.2, 0.25) is 0 Å². The highest BCUT2D eigenvalue weighted by atomic mass is 16.6. The lowest BCUT2D eigenvalue weighted by Gasteiger charge is -2.18. The van der Waals surface area contributed by atoms with Gasteiger partial charge in [-0.15, -0.1) is 0 Å². The molecule has 0 spiro atoms. The van der Waals surface area contributed by atoms with Crippen molar-refractivity contribution in [2.75, 3.05) is 13.2 Å². The van der Waals surface area contributed by atoms with Gasteiger partial charge in [-0.1, -0.05) is 249 Å². The third kappa shape index (κ3) is 46.4. The number of unbranched alkanes of at least 4 members (excludes halogenated alkanes) is 30. The van der Waals surface area contributed by atoms with Crippen LogP contribution in [0.1, 0.15) is 258 Å². The third-order valence-corrected chi connectivity index (χ3v) is 11.2. The normalized spacial score (nSPS) is 12.4. The summed E-state index contributed by atoms with van der Waals surface area (Å²) >= 11 is 0. The maximum absolute atomic E-state index is 12.7. The zero-order valence-electron chi connectivity index (χ0n) is 39.7. The fourth-order valence-corrected chi connectivity index (χ4v) is 7.34. The quantitative estimate of drug-likeness (QED) is 0.0263. The molecule has 0 saturated heterocycles. The molecule has 60 heavy (non-hydrogen) atoms. The van der Waals surface area contributed by atoms with Crippen LogP contribution in [-0.2, 0) is 28.6 Å². The molecule has 0 aliphatic rings. The first kappa shape index (κ1) is 57.4. The first-order valence-corrected chi connectivity index (χ1v) is 25.7. The summed E-state index contributed by atoms with van der Waals surface area (Å²) in [6, 6.07) is 0. The standard InChI is InChI=1S/C54H96O6/c1-4-7-10-13-16-19-22-25-26-27-28-30-32-35-38-41-44-47-53(56)59-50-51(49-58-52(55)46-43-40-37-34-31-24-21-18-15-12-9-6-3)60-54(57)48-45-42-39-36-33-29-23-20-17-14-11-8-5-2/h8,11,14,17,20,23,29,33,51H,4-7,9-10,12-13,15-16,18-19,21-22,24-28,30-32,34-50H2,1-3H3/b11-8-,17-14-,23-20-,33-29-. The van der Waals surface area contributed by atoms with Gasteiger partial charge in [-0.25, -0.2) is 0 Å². The second-order valence-corrected chi connectivity index (χ2v) is 17.2. The van der Waals surface area contributed by atoms with Crippen molar-refractivity contribution < 1.29 is 28.6 Å². The third-order valence-electron chi connectivity index (χ3n) is 11.2. The van der Waals surface area contributed by atoms with E-state index in [1.807, 2.05) is 36.5 Å². The molecule has 0 bridgehead atoms. The van der Waals surface area contributed by atoms with Crippen molar-refractivity contribution in [3.8, 4) is 0 Å². The van der Waals surface area contributed by atoms with Crippen molar-refractivity contribution in [3.05, 3.63) is 48.6 Å². The largest absolute Gasteiger partial charge is 0.462 e. The lowest BCUT2D eigenvalue weighted by Crippen LogP contribution is -2.30. The average Bonchev–Trinajstić information content (AvgIpc) is 3.24. The number of hydrogen-bond acceptors (Lipinski definition) is 6. The molecule has 0 amide bonds. The predicted octanol–water partition coefficient (Wildman–Crippen LogP) is 16.7. The summed E-state index contributed by atoms with van der Waals surface area (Å²) in [7, 11) is 0.